The molecule has 12 rings (SSSR count). The van der Waals surface area contributed by atoms with Gasteiger partial charge in [-0.1, -0.05) is 164 Å². The van der Waals surface area contributed by atoms with E-state index in [0.29, 0.717) is 28.6 Å². The summed E-state index contributed by atoms with van der Waals surface area (Å²) in [6, 6.07) is 65.7. The van der Waals surface area contributed by atoms with Crippen LogP contribution in [0.15, 0.2) is 186 Å². The quantitative estimate of drug-likeness (QED) is 0.180. The van der Waals surface area contributed by atoms with E-state index in [9.17, 15) is 5.26 Å². The van der Waals surface area contributed by atoms with Crippen LogP contribution in [0, 0.1) is 11.3 Å². The molecule has 0 aliphatic heterocycles. The predicted octanol–water partition coefficient (Wildman–Crippen LogP) is 12.7. The Balaban J connectivity index is 1.06. The zero-order valence-electron chi connectivity index (χ0n) is 31.0. The Morgan fingerprint density at radius 2 is 0.948 bits per heavy atom. The van der Waals surface area contributed by atoms with Crippen LogP contribution in [0.25, 0.3) is 89.5 Å². The van der Waals surface area contributed by atoms with Crippen molar-refractivity contribution in [2.24, 2.45) is 0 Å². The number of rotatable bonds is 4. The summed E-state index contributed by atoms with van der Waals surface area (Å²) in [6.45, 7) is 0. The molecular weight excluding hydrogens is 709 g/mol. The van der Waals surface area contributed by atoms with E-state index in [1.54, 1.807) is 0 Å². The Labute approximate surface area is 334 Å². The van der Waals surface area contributed by atoms with Crippen LogP contribution in [0.5, 0.6) is 0 Å². The van der Waals surface area contributed by atoms with E-state index in [-0.39, 0.29) is 0 Å². The fourth-order valence-electron chi connectivity index (χ4n) is 9.52. The minimum Gasteiger partial charge on any atom is -0.455 e. The maximum atomic E-state index is 10.7. The van der Waals surface area contributed by atoms with Gasteiger partial charge in [0.2, 0.25) is 0 Å². The zero-order valence-corrected chi connectivity index (χ0v) is 31.0. The minimum atomic E-state index is -0.640. The van der Waals surface area contributed by atoms with Gasteiger partial charge in [0.15, 0.2) is 23.1 Å². The first-order valence-electron chi connectivity index (χ1n) is 19.4. The van der Waals surface area contributed by atoms with E-state index in [4.69, 9.17) is 19.4 Å². The summed E-state index contributed by atoms with van der Waals surface area (Å²) in [5.41, 5.74) is 15.7. The molecule has 1 spiro atoms. The van der Waals surface area contributed by atoms with Crippen LogP contribution >= 0.6 is 0 Å². The largest absolute Gasteiger partial charge is 0.455 e. The molecule has 0 fully saturated rings. The van der Waals surface area contributed by atoms with Crippen molar-refractivity contribution in [2.75, 3.05) is 0 Å². The molecule has 10 aromatic rings. The van der Waals surface area contributed by atoms with Crippen LogP contribution in [0.2, 0.25) is 0 Å². The van der Waals surface area contributed by atoms with Crippen molar-refractivity contribution in [3.8, 4) is 73.6 Å². The molecule has 0 N–H and O–H groups in total. The normalized spacial score (nSPS) is 12.9. The molecule has 2 heterocycles. The van der Waals surface area contributed by atoms with Gasteiger partial charge in [0.1, 0.15) is 11.7 Å². The number of para-hydroxylation sites is 1. The van der Waals surface area contributed by atoms with E-state index in [1.807, 2.05) is 78.9 Å². The third kappa shape index (κ3) is 4.48. The first-order valence-corrected chi connectivity index (χ1v) is 19.4. The maximum Gasteiger partial charge on any atom is 0.164 e. The molecule has 0 amide bonds. The molecule has 0 saturated heterocycles. The highest BCUT2D eigenvalue weighted by atomic mass is 16.3. The van der Waals surface area contributed by atoms with Crippen molar-refractivity contribution in [2.45, 2.75) is 5.41 Å². The molecule has 268 valence electrons. The standard InChI is InChI=1S/C53H30N4O/c54-31-37-30-45-47(48-41-19-9-12-22-46(41)58-49(37)48)40-28-27-36(29-44(40)53(45)42-20-10-7-17-38(42)39-18-8-11-21-43(39)53)32-23-25-35(26-24-32)52-56-50(33-13-3-1-4-14-33)55-51(57-52)34-15-5-2-6-16-34/h1-30H. The molecule has 0 unspecified atom stereocenters. The van der Waals surface area contributed by atoms with Crippen molar-refractivity contribution >= 4 is 21.9 Å². The molecule has 0 atom stereocenters. The monoisotopic (exact) mass is 738 g/mol. The molecule has 2 aliphatic rings. The van der Waals surface area contributed by atoms with Crippen molar-refractivity contribution in [3.05, 3.63) is 210 Å². The first kappa shape index (κ1) is 32.3. The molecule has 58 heavy (non-hydrogen) atoms. The Morgan fingerprint density at radius 3 is 1.57 bits per heavy atom. The summed E-state index contributed by atoms with van der Waals surface area (Å²) in [6.07, 6.45) is 0. The predicted molar refractivity (Wildman–Crippen MR) is 230 cm³/mol. The molecule has 0 radical (unpaired) electrons. The Hall–Kier alpha value is -7.94. The number of hydrogen-bond donors (Lipinski definition) is 0. The maximum absolute atomic E-state index is 10.7. The Morgan fingerprint density at radius 1 is 0.431 bits per heavy atom. The first-order chi connectivity index (χ1) is 28.7. The van der Waals surface area contributed by atoms with Gasteiger partial charge >= 0.3 is 0 Å². The van der Waals surface area contributed by atoms with Crippen molar-refractivity contribution < 1.29 is 4.42 Å². The van der Waals surface area contributed by atoms with E-state index < -0.39 is 5.41 Å². The number of benzene rings is 8. The lowest BCUT2D eigenvalue weighted by atomic mass is 9.70. The van der Waals surface area contributed by atoms with Crippen molar-refractivity contribution in [1.82, 2.24) is 15.0 Å². The van der Waals surface area contributed by atoms with Gasteiger partial charge in [-0.15, -0.1) is 0 Å². The van der Waals surface area contributed by atoms with Gasteiger partial charge < -0.3 is 4.42 Å². The number of fused-ring (bicyclic) bond motifs is 14. The highest BCUT2D eigenvalue weighted by molar-refractivity contribution is 6.17. The number of hydrogen-bond acceptors (Lipinski definition) is 5. The smallest absolute Gasteiger partial charge is 0.164 e. The van der Waals surface area contributed by atoms with Gasteiger partial charge in [-0.25, -0.2) is 15.0 Å². The third-order valence-electron chi connectivity index (χ3n) is 12.0. The van der Waals surface area contributed by atoms with Crippen LogP contribution in [-0.4, -0.2) is 15.0 Å². The molecule has 2 aliphatic carbocycles. The number of nitrogens with zero attached hydrogens (tertiary/aromatic N) is 4. The number of furan rings is 1. The molecule has 0 bridgehead atoms. The number of nitriles is 1. The van der Waals surface area contributed by atoms with Gasteiger partial charge in [-0.3, -0.25) is 0 Å². The van der Waals surface area contributed by atoms with E-state index in [1.165, 1.54) is 27.8 Å². The molecule has 5 heteroatoms. The summed E-state index contributed by atoms with van der Waals surface area (Å²) >= 11 is 0. The van der Waals surface area contributed by atoms with Gasteiger partial charge in [-0.2, -0.15) is 5.26 Å². The zero-order chi connectivity index (χ0) is 38.4. The lowest BCUT2D eigenvalue weighted by Crippen LogP contribution is -2.26. The number of aromatic nitrogens is 3. The fourth-order valence-corrected chi connectivity index (χ4v) is 9.52. The highest BCUT2D eigenvalue weighted by Crippen LogP contribution is 2.65. The molecule has 2 aromatic heterocycles. The fraction of sp³-hybridized carbons (Fsp3) is 0.0189. The Kier molecular flexibility index (Phi) is 6.84. The molecule has 8 aromatic carbocycles. The summed E-state index contributed by atoms with van der Waals surface area (Å²) in [5, 5.41) is 12.7. The highest BCUT2D eigenvalue weighted by Gasteiger charge is 2.52. The van der Waals surface area contributed by atoms with Gasteiger partial charge in [-0.05, 0) is 73.8 Å². The van der Waals surface area contributed by atoms with Crippen molar-refractivity contribution in [3.63, 3.8) is 0 Å². The lowest BCUT2D eigenvalue weighted by Gasteiger charge is -2.31. The third-order valence-corrected chi connectivity index (χ3v) is 12.0. The SMILES string of the molecule is N#Cc1cc2c(c3c1oc1ccccc13)-c1ccc(-c3ccc(-c4nc(-c5ccccc5)nc(-c5ccccc5)n4)cc3)cc1C21c2ccccc2-c2ccccc21. The van der Waals surface area contributed by atoms with Crippen LogP contribution in [0.1, 0.15) is 27.8 Å². The topological polar surface area (TPSA) is 75.6 Å². The summed E-state index contributed by atoms with van der Waals surface area (Å²) in [7, 11) is 0. The summed E-state index contributed by atoms with van der Waals surface area (Å²) < 4.78 is 6.47. The summed E-state index contributed by atoms with van der Waals surface area (Å²) in [5.74, 6) is 1.88. The minimum absolute atomic E-state index is 0.541. The Bertz CT molecular complexity index is 3240. The second-order valence-electron chi connectivity index (χ2n) is 15.0. The molecule has 0 saturated carbocycles. The van der Waals surface area contributed by atoms with E-state index in [2.05, 4.69) is 109 Å². The molecule has 5 nitrogen and oxygen atoms in total. The summed E-state index contributed by atoms with van der Waals surface area (Å²) in [4.78, 5) is 14.8. The van der Waals surface area contributed by atoms with Crippen LogP contribution < -0.4 is 0 Å². The molecular formula is C53H30N4O. The average Bonchev–Trinajstić information content (AvgIpc) is 3.93. The van der Waals surface area contributed by atoms with E-state index >= 15 is 0 Å². The van der Waals surface area contributed by atoms with Gasteiger partial charge in [0.05, 0.1) is 11.0 Å². The lowest BCUT2D eigenvalue weighted by molar-refractivity contribution is 0.667. The van der Waals surface area contributed by atoms with Crippen LogP contribution in [0.3, 0.4) is 0 Å². The van der Waals surface area contributed by atoms with Gasteiger partial charge in [0.25, 0.3) is 0 Å². The average molecular weight is 739 g/mol. The van der Waals surface area contributed by atoms with Crippen LogP contribution in [-0.2, 0) is 5.41 Å². The van der Waals surface area contributed by atoms with Crippen molar-refractivity contribution in [1.29, 1.82) is 5.26 Å². The van der Waals surface area contributed by atoms with Gasteiger partial charge in [0, 0.05) is 27.5 Å². The second kappa shape index (κ2) is 12.3. The van der Waals surface area contributed by atoms with E-state index in [0.717, 1.165) is 60.9 Å². The second-order valence-corrected chi connectivity index (χ2v) is 15.0. The van der Waals surface area contributed by atoms with Crippen LogP contribution in [0.4, 0.5) is 0 Å².